The Morgan fingerprint density at radius 2 is 2.31 bits per heavy atom. The molecule has 0 radical (unpaired) electrons. The fourth-order valence-corrected chi connectivity index (χ4v) is 1.96. The maximum atomic E-state index is 11.1. The molecule has 5 nitrogen and oxygen atoms in total. The summed E-state index contributed by atoms with van der Waals surface area (Å²) in [6, 6.07) is 1.16. The van der Waals surface area contributed by atoms with Crippen molar-refractivity contribution in [1.82, 2.24) is 0 Å². The second-order valence-corrected chi connectivity index (χ2v) is 4.33. The smallest absolute Gasteiger partial charge is 0.316 e. The van der Waals surface area contributed by atoms with Crippen LogP contribution in [0.3, 0.4) is 0 Å². The van der Waals surface area contributed by atoms with Gasteiger partial charge in [0.15, 0.2) is 5.75 Å². The van der Waals surface area contributed by atoms with E-state index in [9.17, 15) is 9.59 Å². The van der Waals surface area contributed by atoms with Gasteiger partial charge >= 0.3 is 5.97 Å². The van der Waals surface area contributed by atoms with E-state index in [4.69, 9.17) is 14.6 Å². The normalized spacial score (nSPS) is 12.3. The molecule has 0 saturated carbocycles. The van der Waals surface area contributed by atoms with Crippen LogP contribution in [-0.4, -0.2) is 21.4 Å². The number of aliphatic carboxylic acids is 1. The van der Waals surface area contributed by atoms with Crippen LogP contribution in [0.2, 0.25) is 0 Å². The molecule has 0 aliphatic rings. The molecule has 16 heavy (non-hydrogen) atoms. The van der Waals surface area contributed by atoms with Crippen molar-refractivity contribution >= 4 is 17.7 Å². The molecule has 2 N–H and O–H groups in total. The standard InChI is InChI=1S/C10H12O5S/c1-2-9(10(13)14)16-5-6-3-7(11)8(12)4-15-6/h3-4,9,12H,2,5H2,1H3,(H,13,14). The zero-order valence-corrected chi connectivity index (χ0v) is 9.49. The second kappa shape index (κ2) is 5.60. The topological polar surface area (TPSA) is 87.7 Å². The first-order valence-electron chi connectivity index (χ1n) is 4.69. The second-order valence-electron chi connectivity index (χ2n) is 3.14. The van der Waals surface area contributed by atoms with Crippen LogP contribution < -0.4 is 5.43 Å². The summed E-state index contributed by atoms with van der Waals surface area (Å²) >= 11 is 1.18. The Morgan fingerprint density at radius 3 is 2.81 bits per heavy atom. The Morgan fingerprint density at radius 1 is 1.62 bits per heavy atom. The predicted molar refractivity (Wildman–Crippen MR) is 59.7 cm³/mol. The highest BCUT2D eigenvalue weighted by molar-refractivity contribution is 7.99. The number of aromatic hydroxyl groups is 1. The average molecular weight is 244 g/mol. The van der Waals surface area contributed by atoms with E-state index in [1.54, 1.807) is 6.92 Å². The lowest BCUT2D eigenvalue weighted by Gasteiger charge is -2.08. The molecule has 0 bridgehead atoms. The summed E-state index contributed by atoms with van der Waals surface area (Å²) in [6.45, 7) is 1.78. The van der Waals surface area contributed by atoms with Gasteiger partial charge in [-0.25, -0.2) is 0 Å². The molecule has 0 fully saturated rings. The SMILES string of the molecule is CCC(SCc1cc(=O)c(O)co1)C(=O)O. The summed E-state index contributed by atoms with van der Waals surface area (Å²) in [4.78, 5) is 21.8. The minimum atomic E-state index is -0.881. The monoisotopic (exact) mass is 244 g/mol. The van der Waals surface area contributed by atoms with Crippen LogP contribution in [0.4, 0.5) is 0 Å². The molecule has 1 aromatic rings. The molecule has 1 aromatic heterocycles. The van der Waals surface area contributed by atoms with Crippen molar-refractivity contribution in [2.24, 2.45) is 0 Å². The number of carboxylic acid groups (broad SMARTS) is 1. The third-order valence-corrected chi connectivity index (χ3v) is 3.33. The van der Waals surface area contributed by atoms with E-state index in [2.05, 4.69) is 0 Å². The molecular weight excluding hydrogens is 232 g/mol. The molecule has 0 saturated heterocycles. The summed E-state index contributed by atoms with van der Waals surface area (Å²) in [5.74, 6) is -0.680. The van der Waals surface area contributed by atoms with Crippen LogP contribution in [0.15, 0.2) is 21.5 Å². The number of rotatable bonds is 5. The fraction of sp³-hybridized carbons (Fsp3) is 0.400. The number of hydrogen-bond donors (Lipinski definition) is 2. The van der Waals surface area contributed by atoms with Crippen LogP contribution in [0, 0.1) is 0 Å². The summed E-state index contributed by atoms with van der Waals surface area (Å²) < 4.78 is 4.95. The van der Waals surface area contributed by atoms with E-state index in [0.717, 1.165) is 12.3 Å². The molecule has 0 aliphatic heterocycles. The Bertz CT molecular complexity index is 425. The average Bonchev–Trinajstić information content (AvgIpc) is 2.23. The van der Waals surface area contributed by atoms with Gasteiger partial charge in [0.25, 0.3) is 0 Å². The largest absolute Gasteiger partial charge is 0.502 e. The zero-order valence-electron chi connectivity index (χ0n) is 8.67. The number of thioether (sulfide) groups is 1. The zero-order chi connectivity index (χ0) is 12.1. The van der Waals surface area contributed by atoms with Gasteiger partial charge in [-0.15, -0.1) is 11.8 Å². The first kappa shape index (κ1) is 12.6. The highest BCUT2D eigenvalue weighted by atomic mass is 32.2. The van der Waals surface area contributed by atoms with E-state index in [1.165, 1.54) is 11.8 Å². The van der Waals surface area contributed by atoms with Crippen molar-refractivity contribution in [2.75, 3.05) is 0 Å². The first-order valence-corrected chi connectivity index (χ1v) is 5.74. The lowest BCUT2D eigenvalue weighted by Crippen LogP contribution is -2.15. The van der Waals surface area contributed by atoms with Crippen molar-refractivity contribution in [3.05, 3.63) is 28.3 Å². The summed E-state index contributed by atoms with van der Waals surface area (Å²) in [7, 11) is 0. The molecule has 1 heterocycles. The molecule has 88 valence electrons. The Kier molecular flexibility index (Phi) is 4.42. The van der Waals surface area contributed by atoms with Gasteiger partial charge in [-0.2, -0.15) is 0 Å². The van der Waals surface area contributed by atoms with Crippen molar-refractivity contribution in [1.29, 1.82) is 0 Å². The van der Waals surface area contributed by atoms with Crippen LogP contribution >= 0.6 is 11.8 Å². The van der Waals surface area contributed by atoms with E-state index in [-0.39, 0.29) is 0 Å². The molecule has 1 rings (SSSR count). The number of carbonyl (C=O) groups is 1. The minimum Gasteiger partial charge on any atom is -0.502 e. The maximum Gasteiger partial charge on any atom is 0.316 e. The van der Waals surface area contributed by atoms with Gasteiger partial charge in [0, 0.05) is 6.07 Å². The van der Waals surface area contributed by atoms with Gasteiger partial charge in [-0.1, -0.05) is 6.92 Å². The molecule has 1 unspecified atom stereocenters. The quantitative estimate of drug-likeness (QED) is 0.814. The molecule has 0 aliphatic carbocycles. The van der Waals surface area contributed by atoms with Crippen molar-refractivity contribution in [3.63, 3.8) is 0 Å². The van der Waals surface area contributed by atoms with Gasteiger partial charge in [0.05, 0.1) is 5.75 Å². The van der Waals surface area contributed by atoms with Gasteiger partial charge < -0.3 is 14.6 Å². The van der Waals surface area contributed by atoms with E-state index < -0.39 is 22.4 Å². The van der Waals surface area contributed by atoms with Gasteiger partial charge in [0.2, 0.25) is 5.43 Å². The van der Waals surface area contributed by atoms with E-state index in [1.807, 2.05) is 0 Å². The lowest BCUT2D eigenvalue weighted by atomic mass is 10.3. The molecule has 1 atom stereocenters. The van der Waals surface area contributed by atoms with Crippen LogP contribution in [0.5, 0.6) is 5.75 Å². The minimum absolute atomic E-state index is 0.292. The van der Waals surface area contributed by atoms with Gasteiger partial charge in [0.1, 0.15) is 17.3 Å². The third-order valence-electron chi connectivity index (χ3n) is 1.94. The first-order chi connectivity index (χ1) is 7.54. The highest BCUT2D eigenvalue weighted by Gasteiger charge is 2.16. The summed E-state index contributed by atoms with van der Waals surface area (Å²) in [6.07, 6.45) is 1.46. The van der Waals surface area contributed by atoms with Crippen molar-refractivity contribution in [3.8, 4) is 5.75 Å². The van der Waals surface area contributed by atoms with Gasteiger partial charge in [-0.3, -0.25) is 9.59 Å². The summed E-state index contributed by atoms with van der Waals surface area (Å²) in [5, 5.41) is 17.2. The van der Waals surface area contributed by atoms with E-state index >= 15 is 0 Å². The highest BCUT2D eigenvalue weighted by Crippen LogP contribution is 2.20. The Balaban J connectivity index is 2.64. The molecule has 6 heteroatoms. The molecular formula is C10H12O5S. The lowest BCUT2D eigenvalue weighted by molar-refractivity contribution is -0.136. The molecule has 0 spiro atoms. The maximum absolute atomic E-state index is 11.1. The van der Waals surface area contributed by atoms with Crippen molar-refractivity contribution in [2.45, 2.75) is 24.3 Å². The fourth-order valence-electron chi connectivity index (χ4n) is 1.07. The van der Waals surface area contributed by atoms with Gasteiger partial charge in [-0.05, 0) is 6.42 Å². The molecule has 0 aromatic carbocycles. The summed E-state index contributed by atoms with van der Waals surface area (Å²) in [5.41, 5.74) is -0.523. The Labute approximate surface area is 96.1 Å². The van der Waals surface area contributed by atoms with Crippen molar-refractivity contribution < 1.29 is 19.4 Å². The Hall–Kier alpha value is -1.43. The number of carboxylic acids is 1. The van der Waals surface area contributed by atoms with Crippen LogP contribution in [0.1, 0.15) is 19.1 Å². The third kappa shape index (κ3) is 3.30. The predicted octanol–water partition coefficient (Wildman–Crippen LogP) is 1.44. The van der Waals surface area contributed by atoms with E-state index in [0.29, 0.717) is 17.9 Å². The van der Waals surface area contributed by atoms with Crippen LogP contribution in [0.25, 0.3) is 0 Å². The number of hydrogen-bond acceptors (Lipinski definition) is 5. The molecule has 0 amide bonds. The van der Waals surface area contributed by atoms with Crippen LogP contribution in [-0.2, 0) is 10.5 Å².